The van der Waals surface area contributed by atoms with E-state index in [4.69, 9.17) is 0 Å². The van der Waals surface area contributed by atoms with Crippen molar-refractivity contribution in [2.24, 2.45) is 0 Å². The van der Waals surface area contributed by atoms with Gasteiger partial charge in [0.25, 0.3) is 0 Å². The lowest BCUT2D eigenvalue weighted by molar-refractivity contribution is 0.633. The van der Waals surface area contributed by atoms with Crippen molar-refractivity contribution in [1.82, 2.24) is 0 Å². The van der Waals surface area contributed by atoms with E-state index in [2.05, 4.69) is 200 Å². The number of aryl methyl sites for hydroxylation is 1. The Hall–Kier alpha value is -6.32. The predicted molar refractivity (Wildman–Crippen MR) is 225 cm³/mol. The summed E-state index contributed by atoms with van der Waals surface area (Å²) in [5.74, 6) is 0. The van der Waals surface area contributed by atoms with Crippen LogP contribution in [0.1, 0.15) is 30.5 Å². The summed E-state index contributed by atoms with van der Waals surface area (Å²) < 4.78 is 0. The fraction of sp³-hybridized carbons (Fsp3) is 0.0800. The molecule has 0 bridgehead atoms. The minimum atomic E-state index is -0.194. The second-order valence-corrected chi connectivity index (χ2v) is 15.4. The Balaban J connectivity index is 1.22. The molecule has 3 aliphatic heterocycles. The molecule has 0 saturated heterocycles. The number of nitrogens with zero attached hydrogens (tertiary/aromatic N) is 2. The summed E-state index contributed by atoms with van der Waals surface area (Å²) in [6.07, 6.45) is 0. The number of hydrogen-bond acceptors (Lipinski definition) is 2. The van der Waals surface area contributed by atoms with Gasteiger partial charge in [0.1, 0.15) is 0 Å². The Kier molecular flexibility index (Phi) is 6.35. The van der Waals surface area contributed by atoms with Crippen molar-refractivity contribution in [3.8, 4) is 33.4 Å². The van der Waals surface area contributed by atoms with Crippen molar-refractivity contribution >= 4 is 57.0 Å². The van der Waals surface area contributed by atoms with Gasteiger partial charge in [-0.3, -0.25) is 0 Å². The molecule has 11 rings (SSSR count). The highest BCUT2D eigenvalue weighted by molar-refractivity contribution is 6.93. The predicted octanol–water partition coefficient (Wildman–Crippen LogP) is 11.8. The number of rotatable bonds is 3. The second-order valence-electron chi connectivity index (χ2n) is 15.4. The van der Waals surface area contributed by atoms with Crippen LogP contribution in [-0.4, -0.2) is 6.85 Å². The van der Waals surface area contributed by atoms with Crippen LogP contribution in [0.2, 0.25) is 0 Å². The molecule has 0 aliphatic carbocycles. The Morgan fingerprint density at radius 1 is 0.472 bits per heavy atom. The van der Waals surface area contributed by atoms with Crippen LogP contribution in [0.25, 0.3) is 44.2 Å². The van der Waals surface area contributed by atoms with Crippen LogP contribution in [0, 0.1) is 6.92 Å². The van der Waals surface area contributed by atoms with Crippen LogP contribution in [-0.2, 0) is 5.41 Å². The molecule has 0 unspecified atom stereocenters. The Labute approximate surface area is 311 Å². The maximum Gasteiger partial charge on any atom is 0.333 e. The van der Waals surface area contributed by atoms with Crippen LogP contribution in [0.15, 0.2) is 170 Å². The first kappa shape index (κ1) is 30.3. The molecule has 3 aliphatic rings. The molecular weight excluding hydrogens is 639 g/mol. The first-order chi connectivity index (χ1) is 26.0. The van der Waals surface area contributed by atoms with E-state index in [1.807, 2.05) is 0 Å². The van der Waals surface area contributed by atoms with Gasteiger partial charge in [0.2, 0.25) is 0 Å². The maximum atomic E-state index is 2.63. The standard InChI is InChI=1S/C50H37BN2/c1-32-27-41-40-26-23-38(34-15-8-5-9-16-34)30-45(40)53(39-24-21-35(22-25-39)33-13-6-4-7-14-33)51-44-20-12-19-42-49(44)52(47(28-32)48(41)51)46-31-37-18-11-10-17-36(37)29-43(46)50(42,2)3/h4-31H,1-3H3. The first-order valence-corrected chi connectivity index (χ1v) is 18.7. The summed E-state index contributed by atoms with van der Waals surface area (Å²) in [4.78, 5) is 5.24. The molecule has 250 valence electrons. The molecule has 0 atom stereocenters. The molecule has 0 N–H and O–H groups in total. The van der Waals surface area contributed by atoms with E-state index < -0.39 is 0 Å². The zero-order valence-electron chi connectivity index (χ0n) is 30.1. The Morgan fingerprint density at radius 2 is 1.11 bits per heavy atom. The summed E-state index contributed by atoms with van der Waals surface area (Å²) in [5, 5.41) is 2.55. The molecule has 8 aromatic carbocycles. The van der Waals surface area contributed by atoms with E-state index in [9.17, 15) is 0 Å². The number of fused-ring (bicyclic) bond motifs is 7. The first-order valence-electron chi connectivity index (χ1n) is 18.7. The summed E-state index contributed by atoms with van der Waals surface area (Å²) >= 11 is 0. The topological polar surface area (TPSA) is 6.48 Å². The lowest BCUT2D eigenvalue weighted by atomic mass is 9.42. The fourth-order valence-corrected chi connectivity index (χ4v) is 9.50. The molecule has 0 radical (unpaired) electrons. The molecular formula is C50H37BN2. The summed E-state index contributed by atoms with van der Waals surface area (Å²) in [6, 6.07) is 63.4. The summed E-state index contributed by atoms with van der Waals surface area (Å²) in [5.41, 5.74) is 20.3. The van der Waals surface area contributed by atoms with Gasteiger partial charge >= 0.3 is 6.85 Å². The van der Waals surface area contributed by atoms with Gasteiger partial charge < -0.3 is 9.71 Å². The SMILES string of the molecule is Cc1cc2c3c(c1)N1c4cc5ccccc5cc4C(C)(C)c4cccc(c41)B3N(c1ccc(-c3ccccc3)cc1)c1cc(-c3ccccc3)ccc1-2. The van der Waals surface area contributed by atoms with Gasteiger partial charge in [0.05, 0.1) is 5.69 Å². The number of para-hydroxylation sites is 1. The van der Waals surface area contributed by atoms with Gasteiger partial charge in [-0.2, -0.15) is 0 Å². The van der Waals surface area contributed by atoms with Crippen molar-refractivity contribution in [1.29, 1.82) is 0 Å². The summed E-state index contributed by atoms with van der Waals surface area (Å²) in [7, 11) is 0. The van der Waals surface area contributed by atoms with Gasteiger partial charge in [-0.15, -0.1) is 0 Å². The third-order valence-electron chi connectivity index (χ3n) is 12.0. The molecule has 53 heavy (non-hydrogen) atoms. The van der Waals surface area contributed by atoms with Gasteiger partial charge in [-0.05, 0) is 110 Å². The summed E-state index contributed by atoms with van der Waals surface area (Å²) in [6.45, 7) is 7.06. The molecule has 8 aromatic rings. The highest BCUT2D eigenvalue weighted by atomic mass is 15.2. The smallest absolute Gasteiger partial charge is 0.333 e. The molecule has 0 fully saturated rings. The fourth-order valence-electron chi connectivity index (χ4n) is 9.50. The zero-order chi connectivity index (χ0) is 35.4. The molecule has 0 aromatic heterocycles. The van der Waals surface area contributed by atoms with Crippen molar-refractivity contribution in [2.75, 3.05) is 9.71 Å². The molecule has 3 heteroatoms. The largest absolute Gasteiger partial charge is 0.376 e. The van der Waals surface area contributed by atoms with E-state index in [0.29, 0.717) is 0 Å². The highest BCUT2D eigenvalue weighted by Crippen LogP contribution is 2.55. The average molecular weight is 677 g/mol. The molecule has 0 saturated carbocycles. The van der Waals surface area contributed by atoms with Gasteiger partial charge in [0, 0.05) is 33.7 Å². The average Bonchev–Trinajstić information content (AvgIpc) is 3.20. The van der Waals surface area contributed by atoms with Gasteiger partial charge in [-0.25, -0.2) is 0 Å². The minimum Gasteiger partial charge on any atom is -0.376 e. The van der Waals surface area contributed by atoms with Crippen molar-refractivity contribution < 1.29 is 0 Å². The van der Waals surface area contributed by atoms with E-state index in [-0.39, 0.29) is 12.3 Å². The minimum absolute atomic E-state index is 0.0225. The second kappa shape index (κ2) is 11.1. The van der Waals surface area contributed by atoms with Crippen molar-refractivity contribution in [3.63, 3.8) is 0 Å². The van der Waals surface area contributed by atoms with E-state index in [1.165, 1.54) is 100 Å². The van der Waals surface area contributed by atoms with Crippen LogP contribution in [0.4, 0.5) is 28.4 Å². The highest BCUT2D eigenvalue weighted by Gasteiger charge is 2.49. The normalized spacial score (nSPS) is 14.4. The molecule has 0 spiro atoms. The van der Waals surface area contributed by atoms with Crippen molar-refractivity contribution in [2.45, 2.75) is 26.2 Å². The lowest BCUT2D eigenvalue weighted by Gasteiger charge is -2.50. The molecule has 2 nitrogen and oxygen atoms in total. The molecule has 3 heterocycles. The number of anilines is 5. The van der Waals surface area contributed by atoms with Gasteiger partial charge in [-0.1, -0.05) is 147 Å². The third kappa shape index (κ3) is 4.34. The van der Waals surface area contributed by atoms with Crippen LogP contribution < -0.4 is 20.6 Å². The monoisotopic (exact) mass is 676 g/mol. The van der Waals surface area contributed by atoms with Crippen molar-refractivity contribution in [3.05, 3.63) is 187 Å². The number of hydrogen-bond donors (Lipinski definition) is 0. The zero-order valence-corrected chi connectivity index (χ0v) is 30.1. The lowest BCUT2D eigenvalue weighted by Crippen LogP contribution is -2.62. The Morgan fingerprint density at radius 3 is 1.85 bits per heavy atom. The maximum absolute atomic E-state index is 2.63. The van der Waals surface area contributed by atoms with E-state index in [1.54, 1.807) is 0 Å². The van der Waals surface area contributed by atoms with E-state index in [0.717, 1.165) is 0 Å². The quantitative estimate of drug-likeness (QED) is 0.172. The van der Waals surface area contributed by atoms with Crippen LogP contribution >= 0.6 is 0 Å². The third-order valence-corrected chi connectivity index (χ3v) is 12.0. The Bertz CT molecular complexity index is 2770. The molecule has 0 amide bonds. The van der Waals surface area contributed by atoms with Gasteiger partial charge in [0.15, 0.2) is 0 Å². The van der Waals surface area contributed by atoms with Crippen LogP contribution in [0.3, 0.4) is 0 Å². The van der Waals surface area contributed by atoms with Crippen LogP contribution in [0.5, 0.6) is 0 Å². The number of benzene rings is 8. The van der Waals surface area contributed by atoms with E-state index >= 15 is 0 Å².